The van der Waals surface area contributed by atoms with Gasteiger partial charge in [0.25, 0.3) is 5.89 Å². The predicted octanol–water partition coefficient (Wildman–Crippen LogP) is 1.63. The molecule has 0 saturated heterocycles. The van der Waals surface area contributed by atoms with E-state index in [0.29, 0.717) is 28.8 Å². The molecular formula is C13H13N5O2. The first-order chi connectivity index (χ1) is 9.72. The van der Waals surface area contributed by atoms with Crippen molar-refractivity contribution in [1.82, 2.24) is 19.9 Å². The van der Waals surface area contributed by atoms with Gasteiger partial charge in [-0.1, -0.05) is 17.3 Å². The lowest BCUT2D eigenvalue weighted by molar-refractivity contribution is 0.244. The number of benzene rings is 1. The van der Waals surface area contributed by atoms with Crippen molar-refractivity contribution in [1.29, 1.82) is 0 Å². The average Bonchev–Trinajstić information content (AvgIpc) is 3.06. The Hall–Kier alpha value is -2.83. The summed E-state index contributed by atoms with van der Waals surface area (Å²) < 4.78 is 12.3. The molecule has 0 radical (unpaired) electrons. The highest BCUT2D eigenvalue weighted by molar-refractivity contribution is 5.51. The number of aromatic nitrogens is 4. The van der Waals surface area contributed by atoms with E-state index < -0.39 is 0 Å². The van der Waals surface area contributed by atoms with Gasteiger partial charge in [-0.3, -0.25) is 4.68 Å². The van der Waals surface area contributed by atoms with Gasteiger partial charge in [0.15, 0.2) is 6.61 Å². The van der Waals surface area contributed by atoms with Gasteiger partial charge in [0.2, 0.25) is 5.82 Å². The van der Waals surface area contributed by atoms with Crippen LogP contribution >= 0.6 is 0 Å². The number of hydrogen-bond donors (Lipinski definition) is 1. The molecule has 0 fully saturated rings. The first kappa shape index (κ1) is 12.2. The lowest BCUT2D eigenvalue weighted by Crippen LogP contribution is -1.98. The van der Waals surface area contributed by atoms with Gasteiger partial charge in [-0.25, -0.2) is 0 Å². The molecule has 0 amide bonds. The summed E-state index contributed by atoms with van der Waals surface area (Å²) in [6, 6.07) is 9.05. The number of hydrogen-bond acceptors (Lipinski definition) is 6. The van der Waals surface area contributed by atoms with Gasteiger partial charge >= 0.3 is 0 Å². The minimum absolute atomic E-state index is 0.161. The van der Waals surface area contributed by atoms with Crippen LogP contribution in [0.4, 0.5) is 5.69 Å². The third-order valence-electron chi connectivity index (χ3n) is 2.68. The van der Waals surface area contributed by atoms with E-state index >= 15 is 0 Å². The molecule has 0 aliphatic heterocycles. The molecule has 0 aliphatic rings. The van der Waals surface area contributed by atoms with E-state index in [-0.39, 0.29) is 6.61 Å². The molecule has 0 unspecified atom stereocenters. The monoisotopic (exact) mass is 271 g/mol. The molecule has 3 rings (SSSR count). The molecule has 0 atom stereocenters. The molecule has 2 heterocycles. The highest BCUT2D eigenvalue weighted by Gasteiger charge is 2.11. The average molecular weight is 271 g/mol. The molecule has 7 heteroatoms. The van der Waals surface area contributed by atoms with E-state index in [4.69, 9.17) is 15.0 Å². The lowest BCUT2D eigenvalue weighted by Gasteiger charge is -2.05. The van der Waals surface area contributed by atoms with Crippen LogP contribution in [0.2, 0.25) is 0 Å². The minimum Gasteiger partial charge on any atom is -0.482 e. The Morgan fingerprint density at radius 3 is 2.90 bits per heavy atom. The van der Waals surface area contributed by atoms with E-state index in [1.807, 2.05) is 31.4 Å². The summed E-state index contributed by atoms with van der Waals surface area (Å²) in [7, 11) is 1.83. The smallest absolute Gasteiger partial charge is 0.264 e. The van der Waals surface area contributed by atoms with Gasteiger partial charge in [0, 0.05) is 13.2 Å². The molecule has 3 aromatic rings. The quantitative estimate of drug-likeness (QED) is 0.725. The molecule has 0 bridgehead atoms. The zero-order chi connectivity index (χ0) is 13.9. The largest absolute Gasteiger partial charge is 0.482 e. The van der Waals surface area contributed by atoms with Crippen molar-refractivity contribution < 1.29 is 9.26 Å². The Labute approximate surface area is 115 Å². The van der Waals surface area contributed by atoms with Gasteiger partial charge in [-0.05, 0) is 18.2 Å². The number of aryl methyl sites for hydroxylation is 1. The maximum absolute atomic E-state index is 5.78. The number of ether oxygens (including phenoxy) is 1. The van der Waals surface area contributed by atoms with Gasteiger partial charge < -0.3 is 15.0 Å². The maximum atomic E-state index is 5.78. The summed E-state index contributed by atoms with van der Waals surface area (Å²) in [5.74, 6) is 1.39. The zero-order valence-corrected chi connectivity index (χ0v) is 10.9. The predicted molar refractivity (Wildman–Crippen MR) is 71.7 cm³/mol. The van der Waals surface area contributed by atoms with Crippen molar-refractivity contribution in [2.75, 3.05) is 5.73 Å². The fourth-order valence-corrected chi connectivity index (χ4v) is 1.70. The number of nitrogen functional groups attached to an aromatic ring is 1. The molecule has 0 aliphatic carbocycles. The number of anilines is 1. The van der Waals surface area contributed by atoms with E-state index in [1.165, 1.54) is 0 Å². The summed E-state index contributed by atoms with van der Waals surface area (Å²) in [4.78, 5) is 4.22. The second-order valence-corrected chi connectivity index (χ2v) is 4.21. The van der Waals surface area contributed by atoms with E-state index in [9.17, 15) is 0 Å². The molecule has 1 aromatic carbocycles. The summed E-state index contributed by atoms with van der Waals surface area (Å²) in [5.41, 5.74) is 7.00. The first-order valence-electron chi connectivity index (χ1n) is 6.02. The highest BCUT2D eigenvalue weighted by Crippen LogP contribution is 2.21. The first-order valence-corrected chi connectivity index (χ1v) is 6.02. The van der Waals surface area contributed by atoms with Crippen molar-refractivity contribution in [3.05, 3.63) is 42.4 Å². The van der Waals surface area contributed by atoms with Gasteiger partial charge in [-0.15, -0.1) is 0 Å². The Balaban J connectivity index is 1.70. The molecule has 2 N–H and O–H groups in total. The number of para-hydroxylation sites is 2. The minimum atomic E-state index is 0.161. The topological polar surface area (TPSA) is 92.0 Å². The van der Waals surface area contributed by atoms with E-state index in [0.717, 1.165) is 0 Å². The molecular weight excluding hydrogens is 258 g/mol. The van der Waals surface area contributed by atoms with Crippen LogP contribution in [0.3, 0.4) is 0 Å². The SMILES string of the molecule is Cn1ccc(-c2noc(COc3ccccc3N)n2)n1. The molecule has 0 saturated carbocycles. The lowest BCUT2D eigenvalue weighted by atomic mass is 10.3. The van der Waals surface area contributed by atoms with E-state index in [1.54, 1.807) is 16.8 Å². The fourth-order valence-electron chi connectivity index (χ4n) is 1.70. The zero-order valence-electron chi connectivity index (χ0n) is 10.9. The van der Waals surface area contributed by atoms with Crippen molar-refractivity contribution >= 4 is 5.69 Å². The van der Waals surface area contributed by atoms with Crippen molar-refractivity contribution in [2.24, 2.45) is 7.05 Å². The Morgan fingerprint density at radius 1 is 1.30 bits per heavy atom. The van der Waals surface area contributed by atoms with Crippen LogP contribution in [0.25, 0.3) is 11.5 Å². The van der Waals surface area contributed by atoms with Crippen LogP contribution in [0.1, 0.15) is 5.89 Å². The molecule has 2 aromatic heterocycles. The number of rotatable bonds is 4. The summed E-state index contributed by atoms with van der Waals surface area (Å²) in [5, 5.41) is 8.06. The molecule has 0 spiro atoms. The van der Waals surface area contributed by atoms with Gasteiger partial charge in [0.05, 0.1) is 5.69 Å². The van der Waals surface area contributed by atoms with E-state index in [2.05, 4.69) is 15.2 Å². The van der Waals surface area contributed by atoms with Crippen LogP contribution in [-0.4, -0.2) is 19.9 Å². The van der Waals surface area contributed by atoms with Gasteiger partial charge in [-0.2, -0.15) is 10.1 Å². The van der Waals surface area contributed by atoms with Crippen LogP contribution in [0.15, 0.2) is 41.1 Å². The third-order valence-corrected chi connectivity index (χ3v) is 2.68. The highest BCUT2D eigenvalue weighted by atomic mass is 16.5. The molecule has 102 valence electrons. The normalized spacial score (nSPS) is 10.7. The summed E-state index contributed by atoms with van der Waals surface area (Å²) in [6.45, 7) is 0.161. The molecule has 7 nitrogen and oxygen atoms in total. The van der Waals surface area contributed by atoms with Crippen LogP contribution in [-0.2, 0) is 13.7 Å². The Kier molecular flexibility index (Phi) is 3.08. The fraction of sp³-hybridized carbons (Fsp3) is 0.154. The number of nitrogens with two attached hydrogens (primary N) is 1. The standard InChI is InChI=1S/C13H13N5O2/c1-18-7-6-10(16-18)13-15-12(20-17-13)8-19-11-5-3-2-4-9(11)14/h2-7H,8,14H2,1H3. The van der Waals surface area contributed by atoms with Gasteiger partial charge in [0.1, 0.15) is 11.4 Å². The maximum Gasteiger partial charge on any atom is 0.264 e. The van der Waals surface area contributed by atoms with Crippen LogP contribution in [0.5, 0.6) is 5.75 Å². The second-order valence-electron chi connectivity index (χ2n) is 4.21. The number of nitrogens with zero attached hydrogens (tertiary/aromatic N) is 4. The Bertz CT molecular complexity index is 719. The van der Waals surface area contributed by atoms with Crippen molar-refractivity contribution in [2.45, 2.75) is 6.61 Å². The van der Waals surface area contributed by atoms with Crippen molar-refractivity contribution in [3.8, 4) is 17.3 Å². The van der Waals surface area contributed by atoms with Crippen molar-refractivity contribution in [3.63, 3.8) is 0 Å². The third kappa shape index (κ3) is 2.46. The Morgan fingerprint density at radius 2 is 2.15 bits per heavy atom. The summed E-state index contributed by atoms with van der Waals surface area (Å²) >= 11 is 0. The summed E-state index contributed by atoms with van der Waals surface area (Å²) in [6.07, 6.45) is 1.81. The van der Waals surface area contributed by atoms with Crippen LogP contribution < -0.4 is 10.5 Å². The molecule has 20 heavy (non-hydrogen) atoms. The second kappa shape index (κ2) is 5.04. The van der Waals surface area contributed by atoms with Crippen LogP contribution in [0, 0.1) is 0 Å².